The summed E-state index contributed by atoms with van der Waals surface area (Å²) in [5.74, 6) is 0.931. The average Bonchev–Trinajstić information content (AvgIpc) is 2.47. The Morgan fingerprint density at radius 3 is 2.45 bits per heavy atom. The summed E-state index contributed by atoms with van der Waals surface area (Å²) in [6.45, 7) is 6.72. The smallest absolute Gasteiger partial charge is 0.279 e. The molecule has 1 heterocycles. The topological polar surface area (TPSA) is 75.4 Å². The van der Waals surface area contributed by atoms with E-state index in [4.69, 9.17) is 5.73 Å². The lowest BCUT2D eigenvalue weighted by Crippen LogP contribution is -2.46. The van der Waals surface area contributed by atoms with Gasteiger partial charge in [0.2, 0.25) is 0 Å². The fraction of sp³-hybridized carbons (Fsp3) is 1.00. The Morgan fingerprint density at radius 1 is 1.30 bits per heavy atom. The highest BCUT2D eigenvalue weighted by Crippen LogP contribution is 2.18. The molecule has 0 aromatic carbocycles. The molecule has 0 aromatic heterocycles. The van der Waals surface area contributed by atoms with E-state index in [1.165, 1.54) is 6.42 Å². The molecule has 1 atom stereocenters. The quantitative estimate of drug-likeness (QED) is 0.681. The van der Waals surface area contributed by atoms with Crippen LogP contribution < -0.4 is 10.5 Å². The van der Waals surface area contributed by atoms with Gasteiger partial charge in [-0.1, -0.05) is 33.1 Å². The Hall–Kier alpha value is -0.170. The second-order valence-corrected chi connectivity index (χ2v) is 7.60. The van der Waals surface area contributed by atoms with Crippen molar-refractivity contribution in [3.8, 4) is 0 Å². The number of nitrogens with two attached hydrogens (primary N) is 1. The molecule has 120 valence electrons. The Labute approximate surface area is 124 Å². The maximum absolute atomic E-state index is 12.3. The average molecular weight is 305 g/mol. The molecule has 1 unspecified atom stereocenters. The van der Waals surface area contributed by atoms with Crippen molar-refractivity contribution >= 4 is 10.2 Å². The molecule has 3 N–H and O–H groups in total. The molecule has 0 saturated carbocycles. The van der Waals surface area contributed by atoms with E-state index in [2.05, 4.69) is 18.6 Å². The predicted molar refractivity (Wildman–Crippen MR) is 83.6 cm³/mol. The SMILES string of the molecule is CCCCC(CC)CNS(=O)(=O)N1CCC(CN)CC1. The van der Waals surface area contributed by atoms with Crippen LogP contribution in [0.5, 0.6) is 0 Å². The zero-order valence-electron chi connectivity index (χ0n) is 13.0. The van der Waals surface area contributed by atoms with Crippen molar-refractivity contribution < 1.29 is 8.42 Å². The molecule has 20 heavy (non-hydrogen) atoms. The number of nitrogens with one attached hydrogen (secondary N) is 1. The first-order chi connectivity index (χ1) is 9.53. The van der Waals surface area contributed by atoms with Crippen molar-refractivity contribution in [1.82, 2.24) is 9.03 Å². The van der Waals surface area contributed by atoms with Gasteiger partial charge >= 0.3 is 0 Å². The molecule has 1 aliphatic heterocycles. The molecule has 0 bridgehead atoms. The fourth-order valence-corrected chi connectivity index (χ4v) is 3.96. The van der Waals surface area contributed by atoms with Gasteiger partial charge in [-0.05, 0) is 37.6 Å². The fourth-order valence-electron chi connectivity index (χ4n) is 2.64. The van der Waals surface area contributed by atoms with Crippen molar-refractivity contribution in [2.75, 3.05) is 26.2 Å². The Morgan fingerprint density at radius 2 is 1.95 bits per heavy atom. The summed E-state index contributed by atoms with van der Waals surface area (Å²) in [5, 5.41) is 0. The van der Waals surface area contributed by atoms with Crippen molar-refractivity contribution in [3.05, 3.63) is 0 Å². The first-order valence-electron chi connectivity index (χ1n) is 7.98. The first kappa shape index (κ1) is 17.9. The number of hydrogen-bond donors (Lipinski definition) is 2. The van der Waals surface area contributed by atoms with E-state index in [1.54, 1.807) is 4.31 Å². The zero-order chi connectivity index (χ0) is 15.0. The molecule has 1 saturated heterocycles. The first-order valence-corrected chi connectivity index (χ1v) is 9.42. The number of piperidine rings is 1. The van der Waals surface area contributed by atoms with Gasteiger partial charge in [0.15, 0.2) is 0 Å². The van der Waals surface area contributed by atoms with Crippen LogP contribution in [0, 0.1) is 11.8 Å². The number of rotatable bonds is 9. The molecule has 1 fully saturated rings. The third-order valence-corrected chi connectivity index (χ3v) is 5.92. The van der Waals surface area contributed by atoms with Gasteiger partial charge in [0, 0.05) is 19.6 Å². The second kappa shape index (κ2) is 8.97. The Bertz CT molecular complexity index is 351. The molecule has 6 heteroatoms. The summed E-state index contributed by atoms with van der Waals surface area (Å²) in [7, 11) is -3.30. The molecule has 1 rings (SSSR count). The van der Waals surface area contributed by atoms with Gasteiger partial charge in [0.05, 0.1) is 0 Å². The third-order valence-electron chi connectivity index (χ3n) is 4.34. The van der Waals surface area contributed by atoms with Gasteiger partial charge in [0.25, 0.3) is 10.2 Å². The van der Waals surface area contributed by atoms with Gasteiger partial charge in [-0.25, -0.2) is 4.72 Å². The van der Waals surface area contributed by atoms with Gasteiger partial charge in [-0.3, -0.25) is 0 Å². The highest BCUT2D eigenvalue weighted by molar-refractivity contribution is 7.87. The van der Waals surface area contributed by atoms with E-state index in [0.29, 0.717) is 38.0 Å². The lowest BCUT2D eigenvalue weighted by molar-refractivity contribution is 0.274. The summed E-state index contributed by atoms with van der Waals surface area (Å²) in [6.07, 6.45) is 6.22. The van der Waals surface area contributed by atoms with Crippen molar-refractivity contribution in [2.24, 2.45) is 17.6 Å². The van der Waals surface area contributed by atoms with Crippen LogP contribution in [0.1, 0.15) is 52.4 Å². The van der Waals surface area contributed by atoms with E-state index in [1.807, 2.05) is 0 Å². The maximum atomic E-state index is 12.3. The Kier molecular flexibility index (Phi) is 8.02. The van der Waals surface area contributed by atoms with E-state index in [9.17, 15) is 8.42 Å². The summed E-state index contributed by atoms with van der Waals surface area (Å²) >= 11 is 0. The van der Waals surface area contributed by atoms with Crippen LogP contribution in [0.4, 0.5) is 0 Å². The lowest BCUT2D eigenvalue weighted by atomic mass is 9.99. The molecule has 0 spiro atoms. The summed E-state index contributed by atoms with van der Waals surface area (Å²) in [5.41, 5.74) is 5.64. The van der Waals surface area contributed by atoms with Crippen LogP contribution in [0.25, 0.3) is 0 Å². The number of hydrogen-bond acceptors (Lipinski definition) is 3. The Balaban J connectivity index is 2.41. The maximum Gasteiger partial charge on any atom is 0.279 e. The molecule has 0 aliphatic carbocycles. The lowest BCUT2D eigenvalue weighted by Gasteiger charge is -2.31. The number of nitrogens with zero attached hydrogens (tertiary/aromatic N) is 1. The van der Waals surface area contributed by atoms with Gasteiger partial charge in [-0.2, -0.15) is 12.7 Å². The standard InChI is InChI=1S/C14H31N3O2S/c1-3-5-6-13(4-2)12-16-20(18,19)17-9-7-14(11-15)8-10-17/h13-14,16H,3-12,15H2,1-2H3. The minimum Gasteiger partial charge on any atom is -0.330 e. The molecule has 0 aromatic rings. The van der Waals surface area contributed by atoms with Crippen LogP contribution in [-0.4, -0.2) is 38.9 Å². The van der Waals surface area contributed by atoms with Crippen LogP contribution >= 0.6 is 0 Å². The van der Waals surface area contributed by atoms with E-state index < -0.39 is 10.2 Å². The third kappa shape index (κ3) is 5.68. The van der Waals surface area contributed by atoms with Crippen LogP contribution in [-0.2, 0) is 10.2 Å². The molecule has 1 aliphatic rings. The minimum absolute atomic E-state index is 0.450. The minimum atomic E-state index is -3.30. The zero-order valence-corrected chi connectivity index (χ0v) is 13.8. The molecule has 0 radical (unpaired) electrons. The summed E-state index contributed by atoms with van der Waals surface area (Å²) < 4.78 is 28.9. The van der Waals surface area contributed by atoms with Crippen molar-refractivity contribution in [3.63, 3.8) is 0 Å². The van der Waals surface area contributed by atoms with E-state index in [0.717, 1.165) is 32.1 Å². The van der Waals surface area contributed by atoms with Crippen LogP contribution in [0.2, 0.25) is 0 Å². The highest BCUT2D eigenvalue weighted by atomic mass is 32.2. The van der Waals surface area contributed by atoms with E-state index >= 15 is 0 Å². The number of unbranched alkanes of at least 4 members (excludes halogenated alkanes) is 1. The largest absolute Gasteiger partial charge is 0.330 e. The predicted octanol–water partition coefficient (Wildman–Crippen LogP) is 1.71. The van der Waals surface area contributed by atoms with Crippen molar-refractivity contribution in [1.29, 1.82) is 0 Å². The van der Waals surface area contributed by atoms with Gasteiger partial charge in [0.1, 0.15) is 0 Å². The molecule has 5 nitrogen and oxygen atoms in total. The van der Waals surface area contributed by atoms with E-state index in [-0.39, 0.29) is 0 Å². The van der Waals surface area contributed by atoms with Gasteiger partial charge in [-0.15, -0.1) is 0 Å². The monoisotopic (exact) mass is 305 g/mol. The highest BCUT2D eigenvalue weighted by Gasteiger charge is 2.27. The van der Waals surface area contributed by atoms with Crippen LogP contribution in [0.3, 0.4) is 0 Å². The second-order valence-electron chi connectivity index (χ2n) is 5.85. The molecule has 0 amide bonds. The van der Waals surface area contributed by atoms with Crippen molar-refractivity contribution in [2.45, 2.75) is 52.4 Å². The van der Waals surface area contributed by atoms with Crippen LogP contribution in [0.15, 0.2) is 0 Å². The normalized spacial score (nSPS) is 20.1. The summed E-state index contributed by atoms with van der Waals surface area (Å²) in [6, 6.07) is 0. The van der Waals surface area contributed by atoms with Gasteiger partial charge < -0.3 is 5.73 Å². The summed E-state index contributed by atoms with van der Waals surface area (Å²) in [4.78, 5) is 0. The molecular formula is C14H31N3O2S. The molecular weight excluding hydrogens is 274 g/mol.